The lowest BCUT2D eigenvalue weighted by Gasteiger charge is -2.22. The highest BCUT2D eigenvalue weighted by Gasteiger charge is 2.32. The Morgan fingerprint density at radius 1 is 1.08 bits per heavy atom. The van der Waals surface area contributed by atoms with Crippen LogP contribution >= 0.6 is 0 Å². The SMILES string of the molecule is COc1cccc(C(c2cccc3ccccc23)C(C#N)C(=O)O)c1. The van der Waals surface area contributed by atoms with Gasteiger partial charge in [-0.25, -0.2) is 0 Å². The Hall–Kier alpha value is -3.32. The van der Waals surface area contributed by atoms with Crippen molar-refractivity contribution in [3.05, 3.63) is 77.9 Å². The molecule has 0 aliphatic heterocycles. The number of rotatable bonds is 5. The molecule has 0 heterocycles. The van der Waals surface area contributed by atoms with Crippen LogP contribution in [0.5, 0.6) is 5.75 Å². The van der Waals surface area contributed by atoms with Crippen molar-refractivity contribution in [3.8, 4) is 11.8 Å². The van der Waals surface area contributed by atoms with Gasteiger partial charge in [0.05, 0.1) is 13.2 Å². The summed E-state index contributed by atoms with van der Waals surface area (Å²) in [4.78, 5) is 11.8. The number of carboxylic acid groups (broad SMARTS) is 1. The van der Waals surface area contributed by atoms with Crippen LogP contribution in [-0.2, 0) is 4.79 Å². The second kappa shape index (κ2) is 7.06. The van der Waals surface area contributed by atoms with E-state index in [1.807, 2.05) is 60.7 Å². The van der Waals surface area contributed by atoms with Crippen LogP contribution in [0.4, 0.5) is 0 Å². The fourth-order valence-corrected chi connectivity index (χ4v) is 3.18. The topological polar surface area (TPSA) is 70.3 Å². The number of hydrogen-bond donors (Lipinski definition) is 1. The van der Waals surface area contributed by atoms with Crippen LogP contribution in [0.3, 0.4) is 0 Å². The van der Waals surface area contributed by atoms with Crippen LogP contribution < -0.4 is 4.74 Å². The van der Waals surface area contributed by atoms with Crippen molar-refractivity contribution >= 4 is 16.7 Å². The van der Waals surface area contributed by atoms with Gasteiger partial charge >= 0.3 is 5.97 Å². The molecule has 0 bridgehead atoms. The molecule has 0 radical (unpaired) electrons. The summed E-state index contributed by atoms with van der Waals surface area (Å²) in [5, 5.41) is 21.1. The number of carboxylic acids is 1. The van der Waals surface area contributed by atoms with Crippen LogP contribution in [-0.4, -0.2) is 18.2 Å². The molecule has 3 rings (SSSR count). The van der Waals surface area contributed by atoms with Gasteiger partial charge < -0.3 is 9.84 Å². The molecule has 0 amide bonds. The average molecular weight is 331 g/mol. The smallest absolute Gasteiger partial charge is 0.321 e. The summed E-state index contributed by atoms with van der Waals surface area (Å²) in [7, 11) is 1.56. The van der Waals surface area contributed by atoms with Crippen molar-refractivity contribution in [2.75, 3.05) is 7.11 Å². The molecule has 0 saturated carbocycles. The summed E-state index contributed by atoms with van der Waals surface area (Å²) in [6, 6.07) is 22.7. The van der Waals surface area contributed by atoms with Crippen molar-refractivity contribution in [1.82, 2.24) is 0 Å². The van der Waals surface area contributed by atoms with Crippen molar-refractivity contribution in [2.45, 2.75) is 5.92 Å². The van der Waals surface area contributed by atoms with Gasteiger partial charge in [-0.3, -0.25) is 4.79 Å². The molecule has 0 aliphatic rings. The third kappa shape index (κ3) is 3.17. The molecule has 124 valence electrons. The number of benzene rings is 3. The maximum Gasteiger partial charge on any atom is 0.321 e. The highest BCUT2D eigenvalue weighted by atomic mass is 16.5. The number of fused-ring (bicyclic) bond motifs is 1. The fraction of sp³-hybridized carbons (Fsp3) is 0.143. The third-order valence-corrected chi connectivity index (χ3v) is 4.35. The first-order valence-corrected chi connectivity index (χ1v) is 7.89. The minimum absolute atomic E-state index is 0.594. The van der Waals surface area contributed by atoms with E-state index in [1.54, 1.807) is 19.2 Å². The number of hydrogen-bond acceptors (Lipinski definition) is 3. The Bertz CT molecular complexity index is 953. The standard InChI is InChI=1S/C21H17NO3/c1-25-16-9-4-8-15(12-16)20(19(13-22)21(23)24)18-11-5-7-14-6-2-3-10-17(14)18/h2-12,19-20H,1H3,(H,23,24). The minimum Gasteiger partial charge on any atom is -0.497 e. The Morgan fingerprint density at radius 3 is 2.52 bits per heavy atom. The van der Waals surface area contributed by atoms with Crippen LogP contribution in [0.25, 0.3) is 10.8 Å². The Labute approximate surface area is 145 Å². The van der Waals surface area contributed by atoms with E-state index < -0.39 is 17.8 Å². The summed E-state index contributed by atoms with van der Waals surface area (Å²) < 4.78 is 5.27. The number of carbonyl (C=O) groups is 1. The highest BCUT2D eigenvalue weighted by molar-refractivity contribution is 5.88. The number of ether oxygens (including phenoxy) is 1. The van der Waals surface area contributed by atoms with Gasteiger partial charge in [0.2, 0.25) is 0 Å². The van der Waals surface area contributed by atoms with Gasteiger partial charge in [-0.2, -0.15) is 5.26 Å². The lowest BCUT2D eigenvalue weighted by Crippen LogP contribution is -2.22. The quantitative estimate of drug-likeness (QED) is 0.760. The number of nitrogens with zero attached hydrogens (tertiary/aromatic N) is 1. The summed E-state index contributed by atoms with van der Waals surface area (Å²) in [6.45, 7) is 0. The molecule has 4 nitrogen and oxygen atoms in total. The molecule has 2 atom stereocenters. The third-order valence-electron chi connectivity index (χ3n) is 4.35. The lowest BCUT2D eigenvalue weighted by molar-refractivity contribution is -0.140. The van der Waals surface area contributed by atoms with Gasteiger partial charge in [0.25, 0.3) is 0 Å². The molecule has 1 N–H and O–H groups in total. The van der Waals surface area contributed by atoms with E-state index in [9.17, 15) is 15.2 Å². The minimum atomic E-state index is -1.20. The van der Waals surface area contributed by atoms with E-state index in [1.165, 1.54) is 0 Å². The van der Waals surface area contributed by atoms with Gasteiger partial charge in [-0.1, -0.05) is 54.6 Å². The molecule has 4 heteroatoms. The summed E-state index contributed by atoms with van der Waals surface area (Å²) in [5.41, 5.74) is 1.56. The molecule has 0 saturated heterocycles. The Balaban J connectivity index is 2.27. The van der Waals surface area contributed by atoms with E-state index in [0.29, 0.717) is 5.75 Å². The predicted octanol–water partition coefficient (Wildman–Crippen LogP) is 4.20. The zero-order chi connectivity index (χ0) is 17.8. The Morgan fingerprint density at radius 2 is 1.80 bits per heavy atom. The summed E-state index contributed by atoms with van der Waals surface area (Å²) >= 11 is 0. The van der Waals surface area contributed by atoms with E-state index in [-0.39, 0.29) is 0 Å². The Kier molecular flexibility index (Phi) is 4.67. The van der Waals surface area contributed by atoms with E-state index in [4.69, 9.17) is 4.74 Å². The van der Waals surface area contributed by atoms with Crippen LogP contribution in [0, 0.1) is 17.2 Å². The van der Waals surface area contributed by atoms with Gasteiger partial charge in [-0.05, 0) is 34.0 Å². The van der Waals surface area contributed by atoms with Crippen molar-refractivity contribution < 1.29 is 14.6 Å². The first-order valence-electron chi connectivity index (χ1n) is 7.89. The fourth-order valence-electron chi connectivity index (χ4n) is 3.18. The molecule has 25 heavy (non-hydrogen) atoms. The normalized spacial score (nSPS) is 13.0. The predicted molar refractivity (Wildman–Crippen MR) is 95.5 cm³/mol. The zero-order valence-electron chi connectivity index (χ0n) is 13.7. The summed E-state index contributed by atoms with van der Waals surface area (Å²) in [6.07, 6.45) is 0. The van der Waals surface area contributed by atoms with E-state index in [0.717, 1.165) is 21.9 Å². The molecule has 3 aromatic rings. The van der Waals surface area contributed by atoms with Crippen LogP contribution in [0.1, 0.15) is 17.0 Å². The molecule has 0 fully saturated rings. The number of aliphatic carboxylic acids is 1. The second-order valence-electron chi connectivity index (χ2n) is 5.77. The van der Waals surface area contributed by atoms with Gasteiger partial charge in [0.15, 0.2) is 5.92 Å². The first-order chi connectivity index (χ1) is 12.2. The molecular weight excluding hydrogens is 314 g/mol. The van der Waals surface area contributed by atoms with Gasteiger partial charge in [0, 0.05) is 5.92 Å². The van der Waals surface area contributed by atoms with E-state index in [2.05, 4.69) is 0 Å². The molecule has 3 aromatic carbocycles. The maximum atomic E-state index is 11.8. The highest BCUT2D eigenvalue weighted by Crippen LogP contribution is 2.37. The molecule has 2 unspecified atom stereocenters. The molecule has 0 aromatic heterocycles. The molecular formula is C21H17NO3. The molecule has 0 spiro atoms. The monoisotopic (exact) mass is 331 g/mol. The molecule has 0 aliphatic carbocycles. The van der Waals surface area contributed by atoms with Gasteiger partial charge in [-0.15, -0.1) is 0 Å². The maximum absolute atomic E-state index is 11.8. The number of methoxy groups -OCH3 is 1. The van der Waals surface area contributed by atoms with Crippen LogP contribution in [0.15, 0.2) is 66.7 Å². The second-order valence-corrected chi connectivity index (χ2v) is 5.77. The zero-order valence-corrected chi connectivity index (χ0v) is 13.7. The van der Waals surface area contributed by atoms with Gasteiger partial charge in [0.1, 0.15) is 5.75 Å². The van der Waals surface area contributed by atoms with Crippen molar-refractivity contribution in [2.24, 2.45) is 5.92 Å². The first kappa shape index (κ1) is 16.5. The average Bonchev–Trinajstić information content (AvgIpc) is 2.65. The van der Waals surface area contributed by atoms with Crippen LogP contribution in [0.2, 0.25) is 0 Å². The largest absolute Gasteiger partial charge is 0.497 e. The summed E-state index contributed by atoms with van der Waals surface area (Å²) in [5.74, 6) is -2.30. The van der Waals surface area contributed by atoms with Crippen molar-refractivity contribution in [1.29, 1.82) is 5.26 Å². The van der Waals surface area contributed by atoms with Crippen molar-refractivity contribution in [3.63, 3.8) is 0 Å². The van der Waals surface area contributed by atoms with E-state index >= 15 is 0 Å². The lowest BCUT2D eigenvalue weighted by atomic mass is 9.79. The number of nitriles is 1.